The van der Waals surface area contributed by atoms with Crippen molar-refractivity contribution < 1.29 is 0 Å². The summed E-state index contributed by atoms with van der Waals surface area (Å²) >= 11 is 0. The van der Waals surface area contributed by atoms with Crippen LogP contribution < -0.4 is 5.56 Å². The maximum absolute atomic E-state index is 12.2. The highest BCUT2D eigenvalue weighted by atomic mass is 16.1. The van der Waals surface area contributed by atoms with Gasteiger partial charge in [-0.2, -0.15) is 0 Å². The lowest BCUT2D eigenvalue weighted by Gasteiger charge is -2.13. The van der Waals surface area contributed by atoms with Gasteiger partial charge in [-0.3, -0.25) is 4.79 Å². The van der Waals surface area contributed by atoms with Crippen LogP contribution in [0.5, 0.6) is 0 Å². The zero-order chi connectivity index (χ0) is 15.2. The Hall–Kier alpha value is -2.61. The molecule has 1 aromatic heterocycles. The number of pyridine rings is 1. The first-order valence-corrected chi connectivity index (χ1v) is 7.59. The molecule has 2 heteroatoms. The van der Waals surface area contributed by atoms with Crippen LogP contribution in [0.25, 0.3) is 0 Å². The summed E-state index contributed by atoms with van der Waals surface area (Å²) in [6.07, 6.45) is 1.81. The number of aryl methyl sites for hydroxylation is 2. The maximum atomic E-state index is 12.2. The third-order valence-electron chi connectivity index (χ3n) is 3.84. The van der Waals surface area contributed by atoms with Gasteiger partial charge < -0.3 is 4.57 Å². The Morgan fingerprint density at radius 2 is 1.27 bits per heavy atom. The summed E-state index contributed by atoms with van der Waals surface area (Å²) in [7, 11) is 0. The molecule has 2 aromatic carbocycles. The van der Waals surface area contributed by atoms with Crippen molar-refractivity contribution in [1.29, 1.82) is 0 Å². The summed E-state index contributed by atoms with van der Waals surface area (Å²) < 4.78 is 1.87. The van der Waals surface area contributed by atoms with Crippen LogP contribution in [0.3, 0.4) is 0 Å². The SMILES string of the molecule is O=c1cccc(CCc2ccccc2)n1Cc1ccccc1. The Bertz CT molecular complexity index is 776. The highest BCUT2D eigenvalue weighted by Crippen LogP contribution is 2.08. The zero-order valence-electron chi connectivity index (χ0n) is 12.5. The van der Waals surface area contributed by atoms with Gasteiger partial charge in [-0.25, -0.2) is 0 Å². The molecule has 0 aliphatic rings. The largest absolute Gasteiger partial charge is 0.308 e. The predicted molar refractivity (Wildman–Crippen MR) is 90.1 cm³/mol. The van der Waals surface area contributed by atoms with Gasteiger partial charge >= 0.3 is 0 Å². The molecule has 0 bridgehead atoms. The van der Waals surface area contributed by atoms with E-state index in [0.717, 1.165) is 24.1 Å². The van der Waals surface area contributed by atoms with E-state index in [1.807, 2.05) is 41.0 Å². The van der Waals surface area contributed by atoms with E-state index >= 15 is 0 Å². The minimum Gasteiger partial charge on any atom is -0.308 e. The first kappa shape index (κ1) is 14.3. The molecule has 0 aliphatic heterocycles. The molecule has 0 N–H and O–H groups in total. The van der Waals surface area contributed by atoms with E-state index in [1.165, 1.54) is 5.56 Å². The molecule has 3 rings (SSSR count). The maximum Gasteiger partial charge on any atom is 0.251 e. The fourth-order valence-electron chi connectivity index (χ4n) is 2.64. The van der Waals surface area contributed by atoms with Crippen LogP contribution in [-0.2, 0) is 19.4 Å². The van der Waals surface area contributed by atoms with Gasteiger partial charge in [-0.1, -0.05) is 66.7 Å². The summed E-state index contributed by atoms with van der Waals surface area (Å²) in [6.45, 7) is 0.630. The van der Waals surface area contributed by atoms with Crippen LogP contribution >= 0.6 is 0 Å². The summed E-state index contributed by atoms with van der Waals surface area (Å²) in [4.78, 5) is 12.2. The molecule has 0 atom stereocenters. The van der Waals surface area contributed by atoms with Crippen molar-refractivity contribution in [3.63, 3.8) is 0 Å². The standard InChI is InChI=1S/C20H19NO/c22-20-13-7-12-19(15-14-17-8-3-1-4-9-17)21(20)16-18-10-5-2-6-11-18/h1-13H,14-16H2. The van der Waals surface area contributed by atoms with Crippen LogP contribution in [-0.4, -0.2) is 4.57 Å². The van der Waals surface area contributed by atoms with Crippen molar-refractivity contribution in [1.82, 2.24) is 4.57 Å². The molecule has 3 aromatic rings. The molecule has 22 heavy (non-hydrogen) atoms. The second kappa shape index (κ2) is 6.90. The molecule has 0 aliphatic carbocycles. The van der Waals surface area contributed by atoms with Crippen LogP contribution in [0.2, 0.25) is 0 Å². The molecule has 0 saturated carbocycles. The van der Waals surface area contributed by atoms with Gasteiger partial charge in [0.05, 0.1) is 6.54 Å². The van der Waals surface area contributed by atoms with E-state index in [1.54, 1.807) is 6.07 Å². The van der Waals surface area contributed by atoms with Gasteiger partial charge in [0.15, 0.2) is 0 Å². The predicted octanol–water partition coefficient (Wildman–Crippen LogP) is 3.68. The van der Waals surface area contributed by atoms with Crippen LogP contribution in [0.4, 0.5) is 0 Å². The van der Waals surface area contributed by atoms with Crippen LogP contribution in [0.15, 0.2) is 83.7 Å². The second-order valence-electron chi connectivity index (χ2n) is 5.41. The number of hydrogen-bond acceptors (Lipinski definition) is 1. The average molecular weight is 289 g/mol. The Kier molecular flexibility index (Phi) is 4.50. The van der Waals surface area contributed by atoms with Gasteiger partial charge in [-0.05, 0) is 30.0 Å². The molecule has 2 nitrogen and oxygen atoms in total. The van der Waals surface area contributed by atoms with Gasteiger partial charge in [0.2, 0.25) is 0 Å². The third-order valence-corrected chi connectivity index (χ3v) is 3.84. The van der Waals surface area contributed by atoms with E-state index in [-0.39, 0.29) is 5.56 Å². The molecule has 1 heterocycles. The van der Waals surface area contributed by atoms with Crippen molar-refractivity contribution in [3.05, 3.63) is 106 Å². The molecule has 0 spiro atoms. The second-order valence-corrected chi connectivity index (χ2v) is 5.41. The molecule has 0 saturated heterocycles. The minimum absolute atomic E-state index is 0.0643. The normalized spacial score (nSPS) is 10.5. The van der Waals surface area contributed by atoms with Crippen molar-refractivity contribution >= 4 is 0 Å². The van der Waals surface area contributed by atoms with Gasteiger partial charge in [0.1, 0.15) is 0 Å². The lowest BCUT2D eigenvalue weighted by atomic mass is 10.1. The van der Waals surface area contributed by atoms with E-state index in [9.17, 15) is 4.79 Å². The van der Waals surface area contributed by atoms with E-state index in [2.05, 4.69) is 36.4 Å². The Morgan fingerprint density at radius 1 is 0.636 bits per heavy atom. The molecule has 110 valence electrons. The number of nitrogens with zero attached hydrogens (tertiary/aromatic N) is 1. The summed E-state index contributed by atoms with van der Waals surface area (Å²) in [6, 6.07) is 26.0. The highest BCUT2D eigenvalue weighted by molar-refractivity contribution is 5.19. The monoisotopic (exact) mass is 289 g/mol. The molecule has 0 radical (unpaired) electrons. The first-order valence-electron chi connectivity index (χ1n) is 7.59. The summed E-state index contributed by atoms with van der Waals surface area (Å²) in [5.74, 6) is 0. The number of hydrogen-bond donors (Lipinski definition) is 0. The summed E-state index contributed by atoms with van der Waals surface area (Å²) in [5.41, 5.74) is 3.59. The Morgan fingerprint density at radius 3 is 1.95 bits per heavy atom. The third kappa shape index (κ3) is 3.53. The van der Waals surface area contributed by atoms with Crippen molar-refractivity contribution in [2.45, 2.75) is 19.4 Å². The van der Waals surface area contributed by atoms with Crippen LogP contribution in [0.1, 0.15) is 16.8 Å². The highest BCUT2D eigenvalue weighted by Gasteiger charge is 2.05. The van der Waals surface area contributed by atoms with E-state index in [4.69, 9.17) is 0 Å². The van der Waals surface area contributed by atoms with E-state index < -0.39 is 0 Å². The lowest BCUT2D eigenvalue weighted by molar-refractivity contribution is 0.692. The van der Waals surface area contributed by atoms with E-state index in [0.29, 0.717) is 6.54 Å². The van der Waals surface area contributed by atoms with Crippen molar-refractivity contribution in [2.75, 3.05) is 0 Å². The fourth-order valence-corrected chi connectivity index (χ4v) is 2.64. The smallest absolute Gasteiger partial charge is 0.251 e. The molecule has 0 unspecified atom stereocenters. The van der Waals surface area contributed by atoms with Crippen molar-refractivity contribution in [2.24, 2.45) is 0 Å². The topological polar surface area (TPSA) is 22.0 Å². The average Bonchev–Trinajstić information content (AvgIpc) is 2.57. The number of aromatic nitrogens is 1. The van der Waals surface area contributed by atoms with Gasteiger partial charge in [0, 0.05) is 11.8 Å². The molecular formula is C20H19NO. The number of benzene rings is 2. The lowest BCUT2D eigenvalue weighted by Crippen LogP contribution is -2.23. The van der Waals surface area contributed by atoms with Gasteiger partial charge in [-0.15, -0.1) is 0 Å². The number of rotatable bonds is 5. The fraction of sp³-hybridized carbons (Fsp3) is 0.150. The quantitative estimate of drug-likeness (QED) is 0.702. The van der Waals surface area contributed by atoms with Gasteiger partial charge in [0.25, 0.3) is 5.56 Å². The van der Waals surface area contributed by atoms with Crippen molar-refractivity contribution in [3.8, 4) is 0 Å². The molecule has 0 fully saturated rings. The van der Waals surface area contributed by atoms with Crippen LogP contribution in [0, 0.1) is 0 Å². The Labute approximate surface area is 130 Å². The zero-order valence-corrected chi connectivity index (χ0v) is 12.5. The molecule has 0 amide bonds. The molecular weight excluding hydrogens is 270 g/mol. The first-order chi connectivity index (χ1) is 10.8. The Balaban J connectivity index is 1.82. The summed E-state index contributed by atoms with van der Waals surface area (Å²) in [5, 5.41) is 0. The minimum atomic E-state index is 0.0643.